The summed E-state index contributed by atoms with van der Waals surface area (Å²) in [6.07, 6.45) is 0.0601. The summed E-state index contributed by atoms with van der Waals surface area (Å²) in [6, 6.07) is -2.09. The van der Waals surface area contributed by atoms with Crippen molar-refractivity contribution in [3.63, 3.8) is 0 Å². The largest absolute Gasteiger partial charge is 0.368 e. The van der Waals surface area contributed by atoms with Crippen molar-refractivity contribution in [2.75, 3.05) is 12.3 Å². The molecule has 4 amide bonds. The predicted octanol–water partition coefficient (Wildman–Crippen LogP) is 1.93. The molecular weight excluding hydrogens is 551 g/mol. The Bertz CT molecular complexity index is 687. The summed E-state index contributed by atoms with van der Waals surface area (Å²) >= 11 is 2.23. The minimum absolute atomic E-state index is 0.0246. The molecule has 11 heteroatoms. The lowest BCUT2D eigenvalue weighted by molar-refractivity contribution is -0.147. The van der Waals surface area contributed by atoms with Gasteiger partial charge in [-0.2, -0.15) is 0 Å². The number of carbonyl (C=O) groups is 4. The van der Waals surface area contributed by atoms with Crippen LogP contribution in [0, 0.1) is 17.8 Å². The Kier molecular flexibility index (Phi) is 11.1. The van der Waals surface area contributed by atoms with Crippen molar-refractivity contribution in [3.8, 4) is 0 Å². The zero-order valence-electron chi connectivity index (χ0n) is 19.0. The van der Waals surface area contributed by atoms with Gasteiger partial charge in [-0.05, 0) is 11.8 Å². The highest BCUT2D eigenvalue weighted by atomic mass is 127. The third-order valence-electron chi connectivity index (χ3n) is 5.20. The van der Waals surface area contributed by atoms with Gasteiger partial charge in [0.1, 0.15) is 12.1 Å². The number of carbonyl (C=O) groups excluding carboxylic acids is 4. The highest BCUT2D eigenvalue weighted by Gasteiger charge is 2.48. The van der Waals surface area contributed by atoms with Gasteiger partial charge in [0.25, 0.3) is 0 Å². The highest BCUT2D eigenvalue weighted by molar-refractivity contribution is 14.1. The van der Waals surface area contributed by atoms with Gasteiger partial charge in [0, 0.05) is 27.4 Å². The first-order chi connectivity index (χ1) is 14.2. The van der Waals surface area contributed by atoms with Crippen molar-refractivity contribution >= 4 is 67.8 Å². The van der Waals surface area contributed by atoms with Crippen LogP contribution < -0.4 is 16.8 Å². The molecule has 0 saturated carbocycles. The van der Waals surface area contributed by atoms with E-state index in [0.29, 0.717) is 5.92 Å². The minimum atomic E-state index is -1.16. The molecule has 1 aliphatic rings. The highest BCUT2D eigenvalue weighted by Crippen LogP contribution is 2.36. The summed E-state index contributed by atoms with van der Waals surface area (Å²) in [4.78, 5) is 51.4. The second-order valence-corrected chi connectivity index (χ2v) is 13.8. The SMILES string of the molecule is CC(C)C(C)C(I)C1CC(=O)N(C(CN)C(=O)NC(CSSC(C)(C)C)C(N)=O)C1=O. The van der Waals surface area contributed by atoms with E-state index < -0.39 is 35.7 Å². The maximum Gasteiger partial charge on any atom is 0.245 e. The average molecular weight is 587 g/mol. The number of alkyl halides is 1. The Hall–Kier alpha value is -0.530. The van der Waals surface area contributed by atoms with Crippen LogP contribution in [0.2, 0.25) is 0 Å². The molecule has 0 aromatic heterocycles. The fourth-order valence-electron chi connectivity index (χ4n) is 3.06. The van der Waals surface area contributed by atoms with Crippen molar-refractivity contribution in [2.45, 2.75) is 68.7 Å². The summed E-state index contributed by atoms with van der Waals surface area (Å²) in [7, 11) is 2.99. The van der Waals surface area contributed by atoms with Crippen LogP contribution in [-0.2, 0) is 19.2 Å². The zero-order chi connectivity index (χ0) is 24.1. The maximum atomic E-state index is 13.1. The Balaban J connectivity index is 2.91. The van der Waals surface area contributed by atoms with E-state index >= 15 is 0 Å². The van der Waals surface area contributed by atoms with E-state index in [0.717, 1.165) is 4.90 Å². The number of amides is 4. The van der Waals surface area contributed by atoms with E-state index in [9.17, 15) is 19.2 Å². The molecule has 1 fully saturated rings. The van der Waals surface area contributed by atoms with Crippen molar-refractivity contribution < 1.29 is 19.2 Å². The first-order valence-corrected chi connectivity index (χ1v) is 13.9. The Labute approximate surface area is 206 Å². The third kappa shape index (κ3) is 8.08. The zero-order valence-corrected chi connectivity index (χ0v) is 22.8. The Morgan fingerprint density at radius 2 is 1.84 bits per heavy atom. The molecule has 5 N–H and O–H groups in total. The molecular formula is C20H35IN4O4S2. The lowest BCUT2D eigenvalue weighted by atomic mass is 9.87. The van der Waals surface area contributed by atoms with E-state index in [1.165, 1.54) is 10.8 Å². The summed E-state index contributed by atoms with van der Waals surface area (Å²) in [5.41, 5.74) is 11.2. The van der Waals surface area contributed by atoms with Crippen molar-refractivity contribution in [1.29, 1.82) is 0 Å². The monoisotopic (exact) mass is 586 g/mol. The molecule has 0 bridgehead atoms. The molecule has 31 heavy (non-hydrogen) atoms. The lowest BCUT2D eigenvalue weighted by Crippen LogP contribution is -2.57. The number of nitrogens with two attached hydrogens (primary N) is 2. The number of hydrogen-bond donors (Lipinski definition) is 3. The molecule has 1 saturated heterocycles. The number of hydrogen-bond acceptors (Lipinski definition) is 7. The number of primary amides is 1. The van der Waals surface area contributed by atoms with Gasteiger partial charge in [0.15, 0.2) is 0 Å². The molecule has 0 radical (unpaired) electrons. The van der Waals surface area contributed by atoms with Crippen LogP contribution in [0.3, 0.4) is 0 Å². The second-order valence-electron chi connectivity index (χ2n) is 9.16. The normalized spacial score (nSPS) is 21.2. The van der Waals surface area contributed by atoms with Crippen molar-refractivity contribution in [2.24, 2.45) is 29.2 Å². The topological polar surface area (TPSA) is 136 Å². The van der Waals surface area contributed by atoms with Gasteiger partial charge in [-0.25, -0.2) is 0 Å². The summed E-state index contributed by atoms with van der Waals surface area (Å²) < 4.78 is -0.0619. The van der Waals surface area contributed by atoms with Gasteiger partial charge in [-0.3, -0.25) is 24.1 Å². The number of imide groups is 1. The number of rotatable bonds is 11. The fraction of sp³-hybridized carbons (Fsp3) is 0.800. The first kappa shape index (κ1) is 28.5. The van der Waals surface area contributed by atoms with Crippen LogP contribution in [0.1, 0.15) is 48.0 Å². The standard InChI is InChI=1S/C20H35IN4O4S2/c1-10(2)11(3)16(21)12-7-15(26)25(19(12)29)14(8-22)18(28)24-13(17(23)27)9-30-31-20(4,5)6/h10-14,16H,7-9,22H2,1-6H3,(H2,23,27)(H,24,28). The quantitative estimate of drug-likeness (QED) is 0.146. The molecule has 178 valence electrons. The van der Waals surface area contributed by atoms with Gasteiger partial charge in [0.05, 0.1) is 5.92 Å². The molecule has 1 rings (SSSR count). The second kappa shape index (κ2) is 12.1. The van der Waals surface area contributed by atoms with Gasteiger partial charge in [0.2, 0.25) is 23.6 Å². The van der Waals surface area contributed by atoms with Gasteiger partial charge in [-0.15, -0.1) is 0 Å². The number of nitrogens with one attached hydrogen (secondary N) is 1. The molecule has 0 spiro atoms. The smallest absolute Gasteiger partial charge is 0.245 e. The molecule has 0 aromatic carbocycles. The van der Waals surface area contributed by atoms with Crippen LogP contribution in [-0.4, -0.2) is 61.6 Å². The van der Waals surface area contributed by atoms with Gasteiger partial charge in [-0.1, -0.05) is 85.7 Å². The van der Waals surface area contributed by atoms with E-state index in [-0.39, 0.29) is 39.2 Å². The number of likely N-dealkylation sites (tertiary alicyclic amines) is 1. The van der Waals surface area contributed by atoms with Crippen molar-refractivity contribution in [1.82, 2.24) is 10.2 Å². The number of nitrogens with zero attached hydrogens (tertiary/aromatic N) is 1. The van der Waals surface area contributed by atoms with E-state index in [2.05, 4.69) is 48.7 Å². The Morgan fingerprint density at radius 3 is 2.29 bits per heavy atom. The summed E-state index contributed by atoms with van der Waals surface area (Å²) in [5.74, 6) is -1.75. The lowest BCUT2D eigenvalue weighted by Gasteiger charge is -2.28. The summed E-state index contributed by atoms with van der Waals surface area (Å²) in [6.45, 7) is 12.1. The molecule has 8 nitrogen and oxygen atoms in total. The number of halogens is 1. The molecule has 1 heterocycles. The minimum Gasteiger partial charge on any atom is -0.368 e. The average Bonchev–Trinajstić information content (AvgIpc) is 2.94. The molecule has 0 aliphatic carbocycles. The molecule has 5 atom stereocenters. The van der Waals surface area contributed by atoms with E-state index in [4.69, 9.17) is 11.5 Å². The van der Waals surface area contributed by atoms with Gasteiger partial charge < -0.3 is 16.8 Å². The molecule has 1 aliphatic heterocycles. The van der Waals surface area contributed by atoms with E-state index in [1.54, 1.807) is 10.8 Å². The van der Waals surface area contributed by atoms with Gasteiger partial charge >= 0.3 is 0 Å². The first-order valence-electron chi connectivity index (χ1n) is 10.3. The van der Waals surface area contributed by atoms with Crippen LogP contribution in [0.5, 0.6) is 0 Å². The van der Waals surface area contributed by atoms with E-state index in [1.807, 2.05) is 20.8 Å². The predicted molar refractivity (Wildman–Crippen MR) is 136 cm³/mol. The molecule has 5 unspecified atom stereocenters. The summed E-state index contributed by atoms with van der Waals surface area (Å²) in [5, 5.41) is 2.58. The third-order valence-corrected chi connectivity index (χ3v) is 10.5. The van der Waals surface area contributed by atoms with Crippen molar-refractivity contribution in [3.05, 3.63) is 0 Å². The van der Waals surface area contributed by atoms with Crippen LogP contribution in [0.4, 0.5) is 0 Å². The molecule has 0 aromatic rings. The van der Waals surface area contributed by atoms with Crippen LogP contribution in [0.15, 0.2) is 0 Å². The maximum absolute atomic E-state index is 13.1. The fourth-order valence-corrected chi connectivity index (χ4v) is 6.93. The Morgan fingerprint density at radius 1 is 1.26 bits per heavy atom. The van der Waals surface area contributed by atoms with Crippen LogP contribution in [0.25, 0.3) is 0 Å². The van der Waals surface area contributed by atoms with Crippen LogP contribution >= 0.6 is 44.2 Å².